The zero-order chi connectivity index (χ0) is 17.1. The first-order valence-electron chi connectivity index (χ1n) is 8.21. The molecule has 2 aromatic carbocycles. The Morgan fingerprint density at radius 1 is 1.04 bits per heavy atom. The van der Waals surface area contributed by atoms with Gasteiger partial charge in [-0.3, -0.25) is 0 Å². The van der Waals surface area contributed by atoms with Gasteiger partial charge in [0.15, 0.2) is 5.75 Å². The van der Waals surface area contributed by atoms with E-state index in [0.29, 0.717) is 0 Å². The van der Waals surface area contributed by atoms with Crippen molar-refractivity contribution in [3.05, 3.63) is 89.5 Å². The Bertz CT molecular complexity index is 910. The van der Waals surface area contributed by atoms with Crippen LogP contribution in [0.5, 0.6) is 11.5 Å². The van der Waals surface area contributed by atoms with Gasteiger partial charge in [-0.25, -0.2) is 0 Å². The average molecular weight is 414 g/mol. The molecule has 26 heavy (non-hydrogen) atoms. The highest BCUT2D eigenvalue weighted by Gasteiger charge is 2.34. The molecule has 0 radical (unpaired) electrons. The van der Waals surface area contributed by atoms with Gasteiger partial charge >= 0.3 is 0 Å². The maximum atomic E-state index is 6.05. The van der Waals surface area contributed by atoms with Gasteiger partial charge in [0.05, 0.1) is 12.5 Å². The van der Waals surface area contributed by atoms with Crippen molar-refractivity contribution in [2.24, 2.45) is 5.10 Å². The van der Waals surface area contributed by atoms with Crippen molar-refractivity contribution < 1.29 is 9.57 Å². The molecule has 4 rings (SSSR count). The first kappa shape index (κ1) is 18.1. The molecular formula is C20H20BrN3O2. The summed E-state index contributed by atoms with van der Waals surface area (Å²) in [6.07, 6.45) is 4.48. The summed E-state index contributed by atoms with van der Waals surface area (Å²) in [6.45, 7) is 0. The van der Waals surface area contributed by atoms with Crippen LogP contribution in [0.1, 0.15) is 17.2 Å². The number of methoxy groups -OCH3 is 1. The Balaban J connectivity index is 0.00000196. The standard InChI is InChI=1S/C20H19N3O2.BrH/c1-24-19-9-5-8-17-18(14-15-6-3-2-4-7-15)23(25-20(17)19)22-16-10-12-21-13-11-16;/h2-13,18H,14H2,1H3,(H,21,22);1H. The minimum absolute atomic E-state index is 0. The van der Waals surface area contributed by atoms with E-state index in [0.717, 1.165) is 28.8 Å². The number of nitrogens with zero attached hydrogens (tertiary/aromatic N) is 2. The zero-order valence-corrected chi connectivity index (χ0v) is 16.0. The van der Waals surface area contributed by atoms with Crippen LogP contribution in [0.15, 0.2) is 78.2 Å². The van der Waals surface area contributed by atoms with Crippen molar-refractivity contribution in [2.75, 3.05) is 7.11 Å². The molecule has 0 fully saturated rings. The predicted molar refractivity (Wildman–Crippen MR) is 105 cm³/mol. The summed E-state index contributed by atoms with van der Waals surface area (Å²) in [5.74, 6) is 1.45. The molecule has 6 heteroatoms. The third kappa shape index (κ3) is 3.60. The van der Waals surface area contributed by atoms with Gasteiger partial charge in [-0.1, -0.05) is 42.5 Å². The third-order valence-electron chi connectivity index (χ3n) is 4.23. The maximum Gasteiger partial charge on any atom is 0.204 e. The van der Waals surface area contributed by atoms with Crippen LogP contribution < -0.4 is 14.9 Å². The van der Waals surface area contributed by atoms with Gasteiger partial charge in [0, 0.05) is 24.4 Å². The number of benzene rings is 2. The Morgan fingerprint density at radius 2 is 1.81 bits per heavy atom. The van der Waals surface area contributed by atoms with Crippen molar-refractivity contribution in [3.8, 4) is 11.5 Å². The number of rotatable bonds is 4. The van der Waals surface area contributed by atoms with Crippen LogP contribution in [0, 0.1) is 0 Å². The number of fused-ring (bicyclic) bond motifs is 1. The van der Waals surface area contributed by atoms with Gasteiger partial charge in [0.2, 0.25) is 5.75 Å². The fourth-order valence-electron chi connectivity index (χ4n) is 3.00. The number of aromatic nitrogens is 1. The molecule has 1 aliphatic rings. The number of ether oxygens (including phenoxy) is 1. The Kier molecular flexibility index (Phi) is 5.63. The smallest absolute Gasteiger partial charge is 0.204 e. The molecule has 2 heterocycles. The highest BCUT2D eigenvalue weighted by molar-refractivity contribution is 8.93. The van der Waals surface area contributed by atoms with E-state index in [9.17, 15) is 0 Å². The van der Waals surface area contributed by atoms with Gasteiger partial charge in [-0.2, -0.15) is 0 Å². The number of pyridine rings is 1. The van der Waals surface area contributed by atoms with E-state index >= 15 is 0 Å². The lowest BCUT2D eigenvalue weighted by Crippen LogP contribution is -2.25. The number of para-hydroxylation sites is 1. The number of hydroxylamine groups is 1. The molecular weight excluding hydrogens is 394 g/mol. The van der Waals surface area contributed by atoms with Gasteiger partial charge in [-0.05, 0) is 23.8 Å². The lowest BCUT2D eigenvalue weighted by atomic mass is 9.99. The number of aromatic amines is 1. The van der Waals surface area contributed by atoms with Crippen molar-refractivity contribution >= 4 is 17.0 Å². The molecule has 5 nitrogen and oxygen atoms in total. The third-order valence-corrected chi connectivity index (χ3v) is 4.23. The summed E-state index contributed by atoms with van der Waals surface area (Å²) >= 11 is 0. The second kappa shape index (κ2) is 8.10. The van der Waals surface area contributed by atoms with Crippen molar-refractivity contribution in [1.82, 2.24) is 10.2 Å². The lowest BCUT2D eigenvalue weighted by Gasteiger charge is -2.19. The van der Waals surface area contributed by atoms with E-state index < -0.39 is 0 Å². The summed E-state index contributed by atoms with van der Waals surface area (Å²) in [7, 11) is 1.65. The molecule has 0 spiro atoms. The normalized spacial score (nSPS) is 14.8. The topological polar surface area (TPSA) is 49.9 Å². The number of hydrogen-bond acceptors (Lipinski definition) is 4. The summed E-state index contributed by atoms with van der Waals surface area (Å²) in [6, 6.07) is 20.1. The Hall–Kier alpha value is -2.73. The van der Waals surface area contributed by atoms with Gasteiger partial charge in [-0.15, -0.1) is 27.3 Å². The summed E-state index contributed by atoms with van der Waals surface area (Å²) in [5, 5.41) is 7.16. The fourth-order valence-corrected chi connectivity index (χ4v) is 3.00. The van der Waals surface area contributed by atoms with Gasteiger partial charge < -0.3 is 14.6 Å². The highest BCUT2D eigenvalue weighted by Crippen LogP contribution is 2.44. The Labute approximate surface area is 162 Å². The number of hydrogen-bond donors (Lipinski definition) is 1. The minimum atomic E-state index is -0.0170. The minimum Gasteiger partial charge on any atom is -0.493 e. The van der Waals surface area contributed by atoms with Crippen LogP contribution in [0.2, 0.25) is 0 Å². The number of nitrogens with one attached hydrogen (secondary N) is 1. The molecule has 0 amide bonds. The van der Waals surface area contributed by atoms with Crippen molar-refractivity contribution in [1.29, 1.82) is 0 Å². The number of halogens is 1. The first-order chi connectivity index (χ1) is 12.3. The lowest BCUT2D eigenvalue weighted by molar-refractivity contribution is -0.0751. The summed E-state index contributed by atoms with van der Waals surface area (Å²) < 4.78 is 5.46. The quantitative estimate of drug-likeness (QED) is 0.702. The summed E-state index contributed by atoms with van der Waals surface area (Å²) in [5.41, 5.74) is 2.31. The molecule has 1 unspecified atom stereocenters. The molecule has 1 aromatic heterocycles. The molecule has 0 saturated carbocycles. The fraction of sp³-hybridized carbons (Fsp3) is 0.150. The van der Waals surface area contributed by atoms with E-state index in [2.05, 4.69) is 28.3 Å². The molecule has 134 valence electrons. The SMILES string of the molecule is Br.COc1cccc2c1ON(N=c1cc[nH]cc1)C2Cc1ccccc1. The Morgan fingerprint density at radius 3 is 2.54 bits per heavy atom. The molecule has 1 aliphatic heterocycles. The summed E-state index contributed by atoms with van der Waals surface area (Å²) in [4.78, 5) is 9.05. The van der Waals surface area contributed by atoms with Gasteiger partial charge in [0.1, 0.15) is 6.04 Å². The van der Waals surface area contributed by atoms with E-state index in [1.165, 1.54) is 5.56 Å². The monoisotopic (exact) mass is 413 g/mol. The first-order valence-corrected chi connectivity index (χ1v) is 8.21. The van der Waals surface area contributed by atoms with Gasteiger partial charge in [0.25, 0.3) is 0 Å². The number of H-pyrrole nitrogens is 1. The molecule has 1 N–H and O–H groups in total. The average Bonchev–Trinajstić information content (AvgIpc) is 3.01. The maximum absolute atomic E-state index is 6.05. The van der Waals surface area contributed by atoms with E-state index in [4.69, 9.17) is 9.57 Å². The molecule has 1 atom stereocenters. The molecule has 3 aromatic rings. The van der Waals surface area contributed by atoms with Crippen molar-refractivity contribution in [3.63, 3.8) is 0 Å². The largest absolute Gasteiger partial charge is 0.493 e. The van der Waals surface area contributed by atoms with Crippen molar-refractivity contribution in [2.45, 2.75) is 12.5 Å². The second-order valence-corrected chi connectivity index (χ2v) is 5.84. The van der Waals surface area contributed by atoms with Crippen LogP contribution in [0.3, 0.4) is 0 Å². The molecule has 0 saturated heterocycles. The highest BCUT2D eigenvalue weighted by atomic mass is 79.9. The van der Waals surface area contributed by atoms with Crippen LogP contribution in [-0.4, -0.2) is 17.3 Å². The van der Waals surface area contributed by atoms with E-state index in [-0.39, 0.29) is 23.0 Å². The zero-order valence-electron chi connectivity index (χ0n) is 14.3. The van der Waals surface area contributed by atoms with E-state index in [1.54, 1.807) is 12.3 Å². The predicted octanol–water partition coefficient (Wildman–Crippen LogP) is 4.01. The van der Waals surface area contributed by atoms with Crippen LogP contribution in [-0.2, 0) is 6.42 Å². The van der Waals surface area contributed by atoms with Crippen LogP contribution in [0.4, 0.5) is 0 Å². The molecule has 0 aliphatic carbocycles. The molecule has 0 bridgehead atoms. The van der Waals surface area contributed by atoms with E-state index in [1.807, 2.05) is 54.9 Å². The van der Waals surface area contributed by atoms with Crippen LogP contribution >= 0.6 is 17.0 Å². The second-order valence-electron chi connectivity index (χ2n) is 5.84. The van der Waals surface area contributed by atoms with Crippen LogP contribution in [0.25, 0.3) is 0 Å².